The third-order valence-corrected chi connectivity index (χ3v) is 5.51. The molecule has 3 rings (SSSR count). The van der Waals surface area contributed by atoms with Crippen LogP contribution in [0.25, 0.3) is 0 Å². The van der Waals surface area contributed by atoms with Gasteiger partial charge in [-0.05, 0) is 32.6 Å². The number of nitrogens with zero attached hydrogens (tertiary/aromatic N) is 5. The lowest BCUT2D eigenvalue weighted by molar-refractivity contribution is 0.331. The Morgan fingerprint density at radius 1 is 1.08 bits per heavy atom. The minimum Gasteiger partial charge on any atom is -0.424 e. The second kappa shape index (κ2) is 7.68. The first kappa shape index (κ1) is 17.5. The largest absolute Gasteiger partial charge is 0.424 e. The lowest BCUT2D eigenvalue weighted by Gasteiger charge is -2.25. The highest BCUT2D eigenvalue weighted by Crippen LogP contribution is 2.37. The first-order valence-electron chi connectivity index (χ1n) is 8.95. The van der Waals surface area contributed by atoms with Crippen molar-refractivity contribution in [2.24, 2.45) is 5.92 Å². The summed E-state index contributed by atoms with van der Waals surface area (Å²) >= 11 is 1.66. The molecule has 0 spiro atoms. The second-order valence-corrected chi connectivity index (χ2v) is 8.39. The fourth-order valence-corrected chi connectivity index (χ4v) is 4.26. The molecule has 1 fully saturated rings. The van der Waals surface area contributed by atoms with Crippen LogP contribution in [-0.4, -0.2) is 25.0 Å². The summed E-state index contributed by atoms with van der Waals surface area (Å²) in [6.07, 6.45) is 7.20. The van der Waals surface area contributed by atoms with Crippen LogP contribution in [0.1, 0.15) is 81.8 Å². The molecular formula is C17H27N5OS. The van der Waals surface area contributed by atoms with Crippen LogP contribution in [0.5, 0.6) is 0 Å². The Morgan fingerprint density at radius 3 is 2.54 bits per heavy atom. The SMILES string of the molecule is Cc1nnc(SC(C)c2nnc(CC(C)C)o2)n1C1CCCCC1. The number of aryl methyl sites for hydroxylation is 1. The van der Waals surface area contributed by atoms with Crippen molar-refractivity contribution in [3.63, 3.8) is 0 Å². The average molecular weight is 350 g/mol. The Labute approximate surface area is 147 Å². The number of hydrogen-bond acceptors (Lipinski definition) is 6. The normalized spacial score (nSPS) is 17.5. The van der Waals surface area contributed by atoms with Crippen molar-refractivity contribution in [2.75, 3.05) is 0 Å². The quantitative estimate of drug-likeness (QED) is 0.714. The van der Waals surface area contributed by atoms with Gasteiger partial charge in [-0.3, -0.25) is 0 Å². The Bertz CT molecular complexity index is 660. The molecule has 132 valence electrons. The Morgan fingerprint density at radius 2 is 1.83 bits per heavy atom. The van der Waals surface area contributed by atoms with E-state index in [2.05, 4.69) is 45.7 Å². The van der Waals surface area contributed by atoms with Crippen LogP contribution in [0.4, 0.5) is 0 Å². The molecule has 1 saturated carbocycles. The van der Waals surface area contributed by atoms with Gasteiger partial charge in [0.05, 0.1) is 5.25 Å². The average Bonchev–Trinajstić information content (AvgIpc) is 3.15. The number of thioether (sulfide) groups is 1. The fourth-order valence-electron chi connectivity index (χ4n) is 3.26. The molecule has 0 N–H and O–H groups in total. The van der Waals surface area contributed by atoms with Crippen molar-refractivity contribution in [1.82, 2.24) is 25.0 Å². The minimum atomic E-state index is 0.0735. The summed E-state index contributed by atoms with van der Waals surface area (Å²) in [5.41, 5.74) is 0. The van der Waals surface area contributed by atoms with E-state index < -0.39 is 0 Å². The zero-order valence-electron chi connectivity index (χ0n) is 15.0. The topological polar surface area (TPSA) is 69.6 Å². The van der Waals surface area contributed by atoms with E-state index in [0.717, 1.165) is 23.3 Å². The molecule has 1 aliphatic carbocycles. The van der Waals surface area contributed by atoms with E-state index in [0.29, 0.717) is 17.9 Å². The molecule has 0 aromatic carbocycles. The third kappa shape index (κ3) is 3.99. The fraction of sp³-hybridized carbons (Fsp3) is 0.765. The van der Waals surface area contributed by atoms with Gasteiger partial charge in [-0.25, -0.2) is 0 Å². The molecule has 1 unspecified atom stereocenters. The summed E-state index contributed by atoms with van der Waals surface area (Å²) in [6, 6.07) is 0.530. The van der Waals surface area contributed by atoms with Gasteiger partial charge in [0.25, 0.3) is 0 Å². The van der Waals surface area contributed by atoms with Crippen LogP contribution >= 0.6 is 11.8 Å². The number of rotatable bonds is 6. The lowest BCUT2D eigenvalue weighted by atomic mass is 9.95. The zero-order valence-corrected chi connectivity index (χ0v) is 15.8. The monoisotopic (exact) mass is 349 g/mol. The van der Waals surface area contributed by atoms with Gasteiger partial charge in [-0.1, -0.05) is 44.9 Å². The van der Waals surface area contributed by atoms with E-state index in [1.807, 2.05) is 6.92 Å². The van der Waals surface area contributed by atoms with Crippen molar-refractivity contribution in [3.8, 4) is 0 Å². The molecule has 0 aliphatic heterocycles. The van der Waals surface area contributed by atoms with Gasteiger partial charge >= 0.3 is 0 Å². The highest BCUT2D eigenvalue weighted by molar-refractivity contribution is 7.99. The van der Waals surface area contributed by atoms with E-state index in [1.54, 1.807) is 11.8 Å². The highest BCUT2D eigenvalue weighted by atomic mass is 32.2. The molecule has 0 amide bonds. The lowest BCUT2D eigenvalue weighted by Crippen LogP contribution is -2.15. The van der Waals surface area contributed by atoms with Crippen molar-refractivity contribution in [2.45, 2.75) is 82.7 Å². The van der Waals surface area contributed by atoms with Crippen LogP contribution in [-0.2, 0) is 6.42 Å². The van der Waals surface area contributed by atoms with Crippen molar-refractivity contribution < 1.29 is 4.42 Å². The molecule has 0 radical (unpaired) electrons. The van der Waals surface area contributed by atoms with Crippen LogP contribution < -0.4 is 0 Å². The van der Waals surface area contributed by atoms with E-state index in [4.69, 9.17) is 4.42 Å². The highest BCUT2D eigenvalue weighted by Gasteiger charge is 2.24. The third-order valence-electron chi connectivity index (χ3n) is 4.47. The predicted octanol–water partition coefficient (Wildman–Crippen LogP) is 4.53. The standard InChI is InChI=1S/C17H27N5OS/c1-11(2)10-15-19-20-16(23-15)12(3)24-17-21-18-13(4)22(17)14-8-6-5-7-9-14/h11-12,14H,5-10H2,1-4H3. The Hall–Kier alpha value is -1.37. The van der Waals surface area contributed by atoms with Gasteiger partial charge in [0.2, 0.25) is 11.8 Å². The molecule has 6 nitrogen and oxygen atoms in total. The summed E-state index contributed by atoms with van der Waals surface area (Å²) in [7, 11) is 0. The van der Waals surface area contributed by atoms with E-state index in [9.17, 15) is 0 Å². The van der Waals surface area contributed by atoms with Crippen molar-refractivity contribution in [1.29, 1.82) is 0 Å². The van der Waals surface area contributed by atoms with Gasteiger partial charge in [0, 0.05) is 12.5 Å². The van der Waals surface area contributed by atoms with Crippen LogP contribution in [0, 0.1) is 12.8 Å². The molecule has 0 saturated heterocycles. The summed E-state index contributed by atoms with van der Waals surface area (Å²) in [5.74, 6) is 2.91. The molecule has 24 heavy (non-hydrogen) atoms. The van der Waals surface area contributed by atoms with Crippen LogP contribution in [0.15, 0.2) is 9.57 Å². The molecule has 2 aromatic rings. The summed E-state index contributed by atoms with van der Waals surface area (Å²) in [6.45, 7) is 8.44. The molecular weight excluding hydrogens is 322 g/mol. The molecule has 1 atom stereocenters. The Kier molecular flexibility index (Phi) is 5.58. The molecule has 7 heteroatoms. The summed E-state index contributed by atoms with van der Waals surface area (Å²) in [5, 5.41) is 18.1. The summed E-state index contributed by atoms with van der Waals surface area (Å²) < 4.78 is 8.13. The maximum absolute atomic E-state index is 5.82. The minimum absolute atomic E-state index is 0.0735. The van der Waals surface area contributed by atoms with Gasteiger partial charge in [0.1, 0.15) is 5.82 Å². The van der Waals surface area contributed by atoms with Gasteiger partial charge < -0.3 is 8.98 Å². The molecule has 0 bridgehead atoms. The maximum Gasteiger partial charge on any atom is 0.229 e. The first-order chi connectivity index (χ1) is 11.5. The molecule has 1 aliphatic rings. The number of aromatic nitrogens is 5. The van der Waals surface area contributed by atoms with Gasteiger partial charge in [-0.15, -0.1) is 20.4 Å². The molecule has 2 heterocycles. The predicted molar refractivity (Wildman–Crippen MR) is 94.0 cm³/mol. The van der Waals surface area contributed by atoms with Gasteiger partial charge in [-0.2, -0.15) is 0 Å². The molecule has 2 aromatic heterocycles. The van der Waals surface area contributed by atoms with Crippen molar-refractivity contribution in [3.05, 3.63) is 17.6 Å². The summed E-state index contributed by atoms with van der Waals surface area (Å²) in [4.78, 5) is 0. The maximum atomic E-state index is 5.82. The van der Waals surface area contributed by atoms with Crippen molar-refractivity contribution >= 4 is 11.8 Å². The van der Waals surface area contributed by atoms with E-state index >= 15 is 0 Å². The second-order valence-electron chi connectivity index (χ2n) is 7.08. The first-order valence-corrected chi connectivity index (χ1v) is 9.83. The van der Waals surface area contributed by atoms with Crippen LogP contribution in [0.2, 0.25) is 0 Å². The van der Waals surface area contributed by atoms with Crippen LogP contribution in [0.3, 0.4) is 0 Å². The smallest absolute Gasteiger partial charge is 0.229 e. The van der Waals surface area contributed by atoms with E-state index in [1.165, 1.54) is 32.1 Å². The Balaban J connectivity index is 1.72. The number of hydrogen-bond donors (Lipinski definition) is 0. The van der Waals surface area contributed by atoms with Gasteiger partial charge in [0.15, 0.2) is 5.16 Å². The zero-order chi connectivity index (χ0) is 17.1. The van der Waals surface area contributed by atoms with E-state index in [-0.39, 0.29) is 5.25 Å².